The maximum absolute atomic E-state index is 13.2. The summed E-state index contributed by atoms with van der Waals surface area (Å²) >= 11 is 0. The van der Waals surface area contributed by atoms with Crippen LogP contribution in [0.2, 0.25) is 0 Å². The van der Waals surface area contributed by atoms with Gasteiger partial charge in [-0.15, -0.1) is 0 Å². The van der Waals surface area contributed by atoms with Crippen molar-refractivity contribution in [1.29, 1.82) is 0 Å². The highest BCUT2D eigenvalue weighted by atomic mass is 32.2. The van der Waals surface area contributed by atoms with Gasteiger partial charge in [0.1, 0.15) is 0 Å². The highest BCUT2D eigenvalue weighted by Crippen LogP contribution is 2.69. The molecule has 0 bridgehead atoms. The van der Waals surface area contributed by atoms with E-state index in [4.69, 9.17) is 0 Å². The van der Waals surface area contributed by atoms with E-state index >= 15 is 0 Å². The average molecular weight is 583 g/mol. The number of carbonyl (C=O) groups is 1. The van der Waals surface area contributed by atoms with E-state index in [0.29, 0.717) is 48.1 Å². The second-order valence-electron chi connectivity index (χ2n) is 15.0. The van der Waals surface area contributed by atoms with Crippen molar-refractivity contribution in [2.24, 2.45) is 52.3 Å². The number of aliphatic hydroxyl groups excluding tert-OH is 1. The molecule has 4 saturated carbocycles. The maximum Gasteiger partial charge on any atom is 0.266 e. The fourth-order valence-electron chi connectivity index (χ4n) is 10.5. The van der Waals surface area contributed by atoms with E-state index in [1.807, 2.05) is 19.0 Å². The van der Waals surface area contributed by atoms with E-state index < -0.39 is 15.9 Å². The van der Waals surface area contributed by atoms with Crippen LogP contribution in [0.15, 0.2) is 0 Å². The van der Waals surface area contributed by atoms with Crippen LogP contribution in [0.1, 0.15) is 98.3 Å². The molecule has 8 heteroatoms. The normalized spacial score (nSPS) is 40.3. The molecule has 4 aliphatic carbocycles. The fourth-order valence-corrected chi connectivity index (χ4v) is 11.0. The molecule has 0 heterocycles. The number of likely N-dealkylation sites (N-methyl/N-ethyl adjacent to an activating group) is 1. The molecule has 40 heavy (non-hydrogen) atoms. The van der Waals surface area contributed by atoms with Crippen molar-refractivity contribution < 1.29 is 22.9 Å². The summed E-state index contributed by atoms with van der Waals surface area (Å²) in [5.41, 5.74) is 0.702. The lowest BCUT2D eigenvalue weighted by Gasteiger charge is -2.63. The fraction of sp³-hybridized carbons (Fsp3) is 0.969. The van der Waals surface area contributed by atoms with Gasteiger partial charge in [0.2, 0.25) is 5.91 Å². The molecule has 0 aromatic carbocycles. The smallest absolute Gasteiger partial charge is 0.266 e. The van der Waals surface area contributed by atoms with Crippen LogP contribution in [0, 0.1) is 52.3 Å². The number of hydrogen-bond donors (Lipinski definition) is 2. The summed E-state index contributed by atoms with van der Waals surface area (Å²) in [4.78, 5) is 16.8. The van der Waals surface area contributed by atoms with Gasteiger partial charge in [-0.2, -0.15) is 8.42 Å². The first kappa shape index (κ1) is 32.2. The van der Waals surface area contributed by atoms with Crippen LogP contribution in [0.5, 0.6) is 0 Å². The topological polar surface area (TPSA) is 98.2 Å². The minimum Gasteiger partial charge on any atom is -0.393 e. The van der Waals surface area contributed by atoms with E-state index in [9.17, 15) is 22.9 Å². The molecule has 0 aromatic rings. The van der Waals surface area contributed by atoms with Crippen molar-refractivity contribution in [3.05, 3.63) is 0 Å². The van der Waals surface area contributed by atoms with Gasteiger partial charge in [-0.3, -0.25) is 9.35 Å². The first-order valence-electron chi connectivity index (χ1n) is 16.2. The third-order valence-electron chi connectivity index (χ3n) is 12.7. The van der Waals surface area contributed by atoms with Gasteiger partial charge in [-0.1, -0.05) is 34.1 Å². The Kier molecular flexibility index (Phi) is 10.1. The zero-order chi connectivity index (χ0) is 29.5. The number of carbonyl (C=O) groups excluding carboxylic acids is 1. The third kappa shape index (κ3) is 6.60. The Morgan fingerprint density at radius 1 is 0.950 bits per heavy atom. The molecular weight excluding hydrogens is 524 g/mol. The molecule has 0 aliphatic heterocycles. The Hall–Kier alpha value is -0.700. The van der Waals surface area contributed by atoms with E-state index in [1.54, 1.807) is 4.90 Å². The molecule has 0 saturated heterocycles. The molecule has 10 atom stereocenters. The number of aliphatic hydroxyl groups is 1. The minimum absolute atomic E-state index is 0.00252. The molecule has 0 unspecified atom stereocenters. The molecule has 4 rings (SSSR count). The summed E-state index contributed by atoms with van der Waals surface area (Å²) < 4.78 is 32.0. The lowest BCUT2D eigenvalue weighted by atomic mass is 9.42. The predicted molar refractivity (Wildman–Crippen MR) is 160 cm³/mol. The standard InChI is InChI=1S/C32H58N2O5S/c1-7-23-20-25-27-10-9-26(31(27,3)15-13-28(25)32(4)14-12-24(35)21-29(23)32)22(2)8-11-30(36)34(17-16-33(5)6)18-19-40(37,38)39/h22-29,35H,7-21H2,1-6H3,(H,37,38,39)/t22-,23+,24-,25+,26-,27+,28+,29+,31-,32-/m1/s1. The highest BCUT2D eigenvalue weighted by Gasteiger charge is 2.62. The molecule has 0 radical (unpaired) electrons. The summed E-state index contributed by atoms with van der Waals surface area (Å²) in [6.45, 7) is 11.0. The van der Waals surface area contributed by atoms with Gasteiger partial charge in [0.15, 0.2) is 0 Å². The van der Waals surface area contributed by atoms with Gasteiger partial charge in [0, 0.05) is 26.1 Å². The summed E-state index contributed by atoms with van der Waals surface area (Å²) in [5.74, 6) is 4.40. The maximum atomic E-state index is 13.2. The van der Waals surface area contributed by atoms with Crippen molar-refractivity contribution in [3.63, 3.8) is 0 Å². The summed E-state index contributed by atoms with van der Waals surface area (Å²) in [6, 6.07) is 0. The zero-order valence-corrected chi connectivity index (χ0v) is 27.0. The lowest BCUT2D eigenvalue weighted by Crippen LogP contribution is -2.56. The highest BCUT2D eigenvalue weighted by molar-refractivity contribution is 7.85. The van der Waals surface area contributed by atoms with Gasteiger partial charge in [0.05, 0.1) is 11.9 Å². The first-order valence-corrected chi connectivity index (χ1v) is 17.9. The molecule has 0 spiro atoms. The number of amides is 1. The molecular formula is C32H58N2O5S. The molecule has 0 aromatic heterocycles. The van der Waals surface area contributed by atoms with Crippen molar-refractivity contribution in [3.8, 4) is 0 Å². The third-order valence-corrected chi connectivity index (χ3v) is 13.4. The van der Waals surface area contributed by atoms with E-state index in [2.05, 4.69) is 27.7 Å². The van der Waals surface area contributed by atoms with E-state index in [-0.39, 0.29) is 18.6 Å². The molecule has 4 fully saturated rings. The van der Waals surface area contributed by atoms with Crippen molar-refractivity contribution >= 4 is 16.0 Å². The van der Waals surface area contributed by atoms with Crippen LogP contribution in [0.25, 0.3) is 0 Å². The largest absolute Gasteiger partial charge is 0.393 e. The summed E-state index contributed by atoms with van der Waals surface area (Å²) in [7, 11) is -0.233. The Labute approximate surface area is 244 Å². The van der Waals surface area contributed by atoms with Crippen LogP contribution >= 0.6 is 0 Å². The Balaban J connectivity index is 1.41. The van der Waals surface area contributed by atoms with Crippen LogP contribution < -0.4 is 0 Å². The Bertz CT molecular complexity index is 988. The Morgan fingerprint density at radius 2 is 1.62 bits per heavy atom. The van der Waals surface area contributed by atoms with Crippen LogP contribution in [0.4, 0.5) is 0 Å². The quantitative estimate of drug-likeness (QED) is 0.319. The molecule has 4 aliphatic rings. The molecule has 1 amide bonds. The van der Waals surface area contributed by atoms with Crippen molar-refractivity contribution in [1.82, 2.24) is 9.80 Å². The van der Waals surface area contributed by atoms with Crippen molar-refractivity contribution in [2.45, 2.75) is 104 Å². The lowest BCUT2D eigenvalue weighted by molar-refractivity contribution is -0.152. The SMILES string of the molecule is CC[C@H]1C[C@@H]2[C@H](CC[C@]3(C)[C@@H]([C@H](C)CCC(=O)N(CCN(C)C)CCS(=O)(=O)O)CC[C@@H]23)[C@@]2(C)CC[C@@H](O)C[C@@H]12. The minimum atomic E-state index is -4.11. The summed E-state index contributed by atoms with van der Waals surface area (Å²) in [6.07, 6.45) is 12.0. The number of nitrogens with zero attached hydrogens (tertiary/aromatic N) is 2. The van der Waals surface area contributed by atoms with Gasteiger partial charge >= 0.3 is 0 Å². The second-order valence-corrected chi connectivity index (χ2v) is 16.6. The molecule has 7 nitrogen and oxygen atoms in total. The van der Waals surface area contributed by atoms with Gasteiger partial charge in [-0.25, -0.2) is 0 Å². The van der Waals surface area contributed by atoms with Crippen LogP contribution in [-0.2, 0) is 14.9 Å². The monoisotopic (exact) mass is 582 g/mol. The predicted octanol–water partition coefficient (Wildman–Crippen LogP) is 5.34. The number of rotatable bonds is 11. The van der Waals surface area contributed by atoms with Crippen molar-refractivity contribution in [2.75, 3.05) is 39.5 Å². The molecule has 232 valence electrons. The Morgan fingerprint density at radius 3 is 2.27 bits per heavy atom. The zero-order valence-electron chi connectivity index (χ0n) is 26.1. The summed E-state index contributed by atoms with van der Waals surface area (Å²) in [5, 5.41) is 10.5. The van der Waals surface area contributed by atoms with Crippen LogP contribution in [-0.4, -0.2) is 79.4 Å². The second kappa shape index (κ2) is 12.5. The van der Waals surface area contributed by atoms with Crippen LogP contribution in [0.3, 0.4) is 0 Å². The average Bonchev–Trinajstić information content (AvgIpc) is 3.23. The first-order chi connectivity index (χ1) is 18.7. The molecule has 2 N–H and O–H groups in total. The van der Waals surface area contributed by atoms with Gasteiger partial charge in [-0.05, 0) is 124 Å². The van der Waals surface area contributed by atoms with E-state index in [1.165, 1.54) is 44.9 Å². The van der Waals surface area contributed by atoms with Gasteiger partial charge in [0.25, 0.3) is 10.1 Å². The number of hydrogen-bond acceptors (Lipinski definition) is 5. The number of fused-ring (bicyclic) bond motifs is 5. The van der Waals surface area contributed by atoms with Gasteiger partial charge < -0.3 is 14.9 Å². The van der Waals surface area contributed by atoms with E-state index in [0.717, 1.165) is 42.9 Å².